The van der Waals surface area contributed by atoms with Gasteiger partial charge in [-0.05, 0) is 24.1 Å². The van der Waals surface area contributed by atoms with Crippen molar-refractivity contribution in [1.29, 1.82) is 0 Å². The predicted octanol–water partition coefficient (Wildman–Crippen LogP) is 2.27. The van der Waals surface area contributed by atoms with Gasteiger partial charge in [-0.15, -0.1) is 0 Å². The number of rotatable bonds is 7. The molecule has 6 nitrogen and oxygen atoms in total. The lowest BCUT2D eigenvalue weighted by atomic mass is 10.0. The van der Waals surface area contributed by atoms with Crippen LogP contribution in [0, 0.1) is 0 Å². The molecule has 2 aromatic rings. The van der Waals surface area contributed by atoms with E-state index in [4.69, 9.17) is 21.5 Å². The molecule has 0 unspecified atom stereocenters. The van der Waals surface area contributed by atoms with Gasteiger partial charge in [-0.25, -0.2) is 4.18 Å². The molecule has 0 fully saturated rings. The molecule has 0 aliphatic carbocycles. The maximum atomic E-state index is 11.6. The highest BCUT2D eigenvalue weighted by Crippen LogP contribution is 2.28. The molecule has 2 rings (SSSR count). The Kier molecular flexibility index (Phi) is 5.84. The molecule has 25 heavy (non-hydrogen) atoms. The van der Waals surface area contributed by atoms with Crippen LogP contribution in [0.15, 0.2) is 48.5 Å². The van der Waals surface area contributed by atoms with Gasteiger partial charge in [0.1, 0.15) is 0 Å². The van der Waals surface area contributed by atoms with Crippen LogP contribution in [0.25, 0.3) is 11.1 Å². The van der Waals surface area contributed by atoms with E-state index < -0.39 is 21.8 Å². The minimum atomic E-state index is -3.87. The number of benzene rings is 2. The third-order valence-corrected chi connectivity index (χ3v) is 4.49. The minimum absolute atomic E-state index is 0.143. The number of primary amides is 1. The third kappa shape index (κ3) is 5.27. The highest BCUT2D eigenvalue weighted by molar-refractivity contribution is 7.86. The zero-order valence-electron chi connectivity index (χ0n) is 13.8. The Morgan fingerprint density at radius 1 is 1.24 bits per heavy atom. The Balaban J connectivity index is 2.18. The number of amides is 1. The normalized spacial score (nSPS) is 14.0. The van der Waals surface area contributed by atoms with Gasteiger partial charge >= 0.3 is 0 Å². The number of nitrogens with one attached hydrogen (secondary N) is 1. The molecule has 0 aromatic heterocycles. The van der Waals surface area contributed by atoms with E-state index in [-0.39, 0.29) is 6.54 Å². The zero-order chi connectivity index (χ0) is 18.7. The summed E-state index contributed by atoms with van der Waals surface area (Å²) in [6.45, 7) is 1.40. The fourth-order valence-corrected chi connectivity index (χ4v) is 3.31. The molecule has 0 spiro atoms. The van der Waals surface area contributed by atoms with Gasteiger partial charge in [0.25, 0.3) is 16.0 Å². The van der Waals surface area contributed by atoms with Crippen molar-refractivity contribution in [3.63, 3.8) is 0 Å². The van der Waals surface area contributed by atoms with Crippen molar-refractivity contribution in [2.75, 3.05) is 6.26 Å². The van der Waals surface area contributed by atoms with Crippen LogP contribution in [0.2, 0.25) is 5.02 Å². The Morgan fingerprint density at radius 3 is 2.40 bits per heavy atom. The SMILES string of the molecule is C[C@](NCc1ccc(-c2ccccc2)c(Cl)c1)(OS(C)(=O)=O)C(N)=O. The van der Waals surface area contributed by atoms with Gasteiger partial charge in [-0.1, -0.05) is 54.1 Å². The van der Waals surface area contributed by atoms with Crippen LogP contribution < -0.4 is 11.1 Å². The van der Waals surface area contributed by atoms with Gasteiger partial charge in [0.05, 0.1) is 6.26 Å². The largest absolute Gasteiger partial charge is 0.366 e. The molecule has 0 heterocycles. The van der Waals surface area contributed by atoms with Crippen LogP contribution in [-0.2, 0) is 25.6 Å². The van der Waals surface area contributed by atoms with Gasteiger partial charge in [0.15, 0.2) is 0 Å². The molecule has 2 aromatic carbocycles. The molecule has 0 saturated carbocycles. The summed E-state index contributed by atoms with van der Waals surface area (Å²) in [5.74, 6) is -0.940. The van der Waals surface area contributed by atoms with Crippen molar-refractivity contribution in [2.45, 2.75) is 19.2 Å². The summed E-state index contributed by atoms with van der Waals surface area (Å²) >= 11 is 6.34. The molecule has 0 radical (unpaired) electrons. The molecule has 0 aliphatic heterocycles. The van der Waals surface area contributed by atoms with E-state index in [0.29, 0.717) is 5.02 Å². The molecule has 1 amide bonds. The van der Waals surface area contributed by atoms with Gasteiger partial charge in [0, 0.05) is 17.1 Å². The van der Waals surface area contributed by atoms with E-state index >= 15 is 0 Å². The fourth-order valence-electron chi connectivity index (χ4n) is 2.25. The first-order valence-electron chi connectivity index (χ1n) is 7.40. The molecular weight excluding hydrogens is 364 g/mol. The first kappa shape index (κ1) is 19.4. The molecule has 0 bridgehead atoms. The maximum Gasteiger partial charge on any atom is 0.266 e. The van der Waals surface area contributed by atoms with E-state index in [0.717, 1.165) is 22.9 Å². The summed E-state index contributed by atoms with van der Waals surface area (Å²) < 4.78 is 27.4. The average Bonchev–Trinajstić information content (AvgIpc) is 2.52. The number of hydrogen-bond acceptors (Lipinski definition) is 5. The average molecular weight is 383 g/mol. The lowest BCUT2D eigenvalue weighted by Gasteiger charge is -2.26. The zero-order valence-corrected chi connectivity index (χ0v) is 15.4. The fraction of sp³-hybridized carbons (Fsp3) is 0.235. The second kappa shape index (κ2) is 7.53. The highest BCUT2D eigenvalue weighted by atomic mass is 35.5. The molecule has 0 aliphatic rings. The summed E-state index contributed by atoms with van der Waals surface area (Å²) in [5.41, 5.74) is 6.00. The molecule has 134 valence electrons. The standard InChI is InChI=1S/C17H19ClN2O4S/c1-17(16(19)21,24-25(2,22)23)20-11-12-8-9-14(15(18)10-12)13-6-4-3-5-7-13/h3-10,20H,11H2,1-2H3,(H2,19,21)/t17-/m0/s1. The van der Waals surface area contributed by atoms with Crippen LogP contribution in [0.1, 0.15) is 12.5 Å². The summed E-state index contributed by atoms with van der Waals surface area (Å²) in [6.07, 6.45) is 0.849. The van der Waals surface area contributed by atoms with Gasteiger partial charge in [-0.3, -0.25) is 10.1 Å². The van der Waals surface area contributed by atoms with E-state index in [1.807, 2.05) is 42.5 Å². The number of hydrogen-bond donors (Lipinski definition) is 2. The van der Waals surface area contributed by atoms with E-state index in [1.54, 1.807) is 6.07 Å². The first-order valence-corrected chi connectivity index (χ1v) is 9.59. The molecule has 0 saturated heterocycles. The van der Waals surface area contributed by atoms with E-state index in [1.165, 1.54) is 6.92 Å². The number of carbonyl (C=O) groups excluding carboxylic acids is 1. The Morgan fingerprint density at radius 2 is 1.88 bits per heavy atom. The Bertz CT molecular complexity index is 871. The first-order chi connectivity index (χ1) is 11.6. The minimum Gasteiger partial charge on any atom is -0.366 e. The van der Waals surface area contributed by atoms with E-state index in [2.05, 4.69) is 5.32 Å². The monoisotopic (exact) mass is 382 g/mol. The molecule has 8 heteroatoms. The molecular formula is C17H19ClN2O4S. The topological polar surface area (TPSA) is 98.5 Å². The lowest BCUT2D eigenvalue weighted by Crippen LogP contribution is -2.55. The van der Waals surface area contributed by atoms with Gasteiger partial charge < -0.3 is 5.73 Å². The molecule has 1 atom stereocenters. The van der Waals surface area contributed by atoms with Crippen LogP contribution in [-0.4, -0.2) is 26.3 Å². The van der Waals surface area contributed by atoms with Crippen molar-refractivity contribution in [3.8, 4) is 11.1 Å². The predicted molar refractivity (Wildman–Crippen MR) is 97.3 cm³/mol. The number of halogens is 1. The number of nitrogens with two attached hydrogens (primary N) is 1. The summed E-state index contributed by atoms with van der Waals surface area (Å²) in [4.78, 5) is 11.6. The van der Waals surface area contributed by atoms with Crippen LogP contribution in [0.5, 0.6) is 0 Å². The van der Waals surface area contributed by atoms with Crippen LogP contribution in [0.4, 0.5) is 0 Å². The van der Waals surface area contributed by atoms with E-state index in [9.17, 15) is 13.2 Å². The molecule has 3 N–H and O–H groups in total. The lowest BCUT2D eigenvalue weighted by molar-refractivity contribution is -0.134. The summed E-state index contributed by atoms with van der Waals surface area (Å²) in [6, 6.07) is 15.1. The number of carbonyl (C=O) groups is 1. The smallest absolute Gasteiger partial charge is 0.266 e. The van der Waals surface area contributed by atoms with Crippen molar-refractivity contribution in [1.82, 2.24) is 5.32 Å². The maximum absolute atomic E-state index is 11.6. The van der Waals surface area contributed by atoms with Crippen molar-refractivity contribution in [2.24, 2.45) is 5.73 Å². The van der Waals surface area contributed by atoms with Crippen LogP contribution in [0.3, 0.4) is 0 Å². The summed E-state index contributed by atoms with van der Waals surface area (Å²) in [7, 11) is -3.87. The highest BCUT2D eigenvalue weighted by Gasteiger charge is 2.35. The third-order valence-electron chi connectivity index (χ3n) is 3.54. The van der Waals surface area contributed by atoms with Crippen LogP contribution >= 0.6 is 11.6 Å². The van der Waals surface area contributed by atoms with Crippen molar-refractivity contribution >= 4 is 27.6 Å². The summed E-state index contributed by atoms with van der Waals surface area (Å²) in [5, 5.41) is 3.26. The second-order valence-electron chi connectivity index (χ2n) is 5.72. The van der Waals surface area contributed by atoms with Gasteiger partial charge in [0.2, 0.25) is 5.72 Å². The van der Waals surface area contributed by atoms with Crippen molar-refractivity contribution < 1.29 is 17.4 Å². The quantitative estimate of drug-likeness (QED) is 0.565. The van der Waals surface area contributed by atoms with Crippen molar-refractivity contribution in [3.05, 3.63) is 59.1 Å². The Labute approximate surface area is 152 Å². The van der Waals surface area contributed by atoms with Gasteiger partial charge in [-0.2, -0.15) is 8.42 Å². The Hall–Kier alpha value is -1.93. The second-order valence-corrected chi connectivity index (χ2v) is 7.70.